The van der Waals surface area contributed by atoms with Gasteiger partial charge in [-0.3, -0.25) is 9.48 Å². The minimum absolute atomic E-state index is 0.165. The number of carbonyl (C=O) groups is 1. The third kappa shape index (κ3) is 2.60. The Hall–Kier alpha value is -2.89. The van der Waals surface area contributed by atoms with Crippen molar-refractivity contribution < 1.29 is 4.79 Å². The summed E-state index contributed by atoms with van der Waals surface area (Å²) in [5.74, 6) is 0.518. The van der Waals surface area contributed by atoms with Crippen molar-refractivity contribution in [1.29, 1.82) is 0 Å². The summed E-state index contributed by atoms with van der Waals surface area (Å²) in [5.41, 5.74) is 2.30. The van der Waals surface area contributed by atoms with Gasteiger partial charge in [-0.1, -0.05) is 30.3 Å². The third-order valence-corrected chi connectivity index (χ3v) is 4.53. The molecule has 0 aliphatic heterocycles. The number of hydrogen-bond acceptors (Lipinski definition) is 3. The molecule has 0 bridgehead atoms. The van der Waals surface area contributed by atoms with Crippen LogP contribution in [-0.4, -0.2) is 25.2 Å². The van der Waals surface area contributed by atoms with Gasteiger partial charge in [0, 0.05) is 18.8 Å². The van der Waals surface area contributed by atoms with Gasteiger partial charge in [-0.15, -0.1) is 0 Å². The number of amides is 1. The van der Waals surface area contributed by atoms with Gasteiger partial charge in [-0.05, 0) is 19.3 Å². The number of nitrogens with zero attached hydrogens (tertiary/aromatic N) is 4. The molecule has 1 aliphatic carbocycles. The van der Waals surface area contributed by atoms with Crippen molar-refractivity contribution >= 4 is 11.7 Å². The number of anilines is 1. The first kappa shape index (κ1) is 14.7. The van der Waals surface area contributed by atoms with Crippen LogP contribution in [0.4, 0.5) is 5.82 Å². The molecule has 6 nitrogen and oxygen atoms in total. The summed E-state index contributed by atoms with van der Waals surface area (Å²) in [6, 6.07) is 10.3. The molecule has 0 atom stereocenters. The van der Waals surface area contributed by atoms with Crippen molar-refractivity contribution in [2.24, 2.45) is 7.05 Å². The molecule has 1 saturated carbocycles. The maximum absolute atomic E-state index is 12.6. The summed E-state index contributed by atoms with van der Waals surface area (Å²) in [7, 11) is 1.87. The van der Waals surface area contributed by atoms with Crippen LogP contribution >= 0.6 is 0 Å². The number of imidazole rings is 1. The van der Waals surface area contributed by atoms with Gasteiger partial charge in [0.2, 0.25) is 0 Å². The van der Waals surface area contributed by atoms with E-state index in [-0.39, 0.29) is 5.91 Å². The van der Waals surface area contributed by atoms with Crippen molar-refractivity contribution in [3.05, 3.63) is 54.6 Å². The number of hydrogen-bond donors (Lipinski definition) is 1. The van der Waals surface area contributed by atoms with Crippen LogP contribution in [0.5, 0.6) is 0 Å². The number of aromatic nitrogens is 4. The van der Waals surface area contributed by atoms with E-state index in [1.807, 2.05) is 52.8 Å². The molecule has 3 aromatic rings. The van der Waals surface area contributed by atoms with Crippen molar-refractivity contribution in [1.82, 2.24) is 19.3 Å². The van der Waals surface area contributed by atoms with Crippen molar-refractivity contribution in [3.63, 3.8) is 0 Å². The fourth-order valence-electron chi connectivity index (χ4n) is 2.87. The van der Waals surface area contributed by atoms with Crippen molar-refractivity contribution in [2.75, 3.05) is 5.32 Å². The highest BCUT2D eigenvalue weighted by Crippen LogP contribution is 2.31. The first-order valence-corrected chi connectivity index (χ1v) is 8.14. The molecule has 6 heteroatoms. The Morgan fingerprint density at radius 3 is 2.75 bits per heavy atom. The zero-order valence-corrected chi connectivity index (χ0v) is 13.5. The zero-order valence-electron chi connectivity index (χ0n) is 13.5. The lowest BCUT2D eigenvalue weighted by Crippen LogP contribution is -2.18. The Bertz CT molecular complexity index is 861. The number of rotatable bonds is 4. The first-order valence-electron chi connectivity index (χ1n) is 8.14. The van der Waals surface area contributed by atoms with Crippen LogP contribution in [0.1, 0.15) is 35.7 Å². The molecule has 4 rings (SSSR count). The molecule has 0 saturated heterocycles. The number of aryl methyl sites for hydroxylation is 1. The summed E-state index contributed by atoms with van der Waals surface area (Å²) in [6.45, 7) is 0. The maximum atomic E-state index is 12.6. The Morgan fingerprint density at radius 1 is 1.25 bits per heavy atom. The van der Waals surface area contributed by atoms with E-state index in [9.17, 15) is 4.79 Å². The van der Waals surface area contributed by atoms with Crippen LogP contribution in [0, 0.1) is 0 Å². The molecular formula is C18H19N5O. The van der Waals surface area contributed by atoms with Crippen LogP contribution < -0.4 is 5.32 Å². The first-order chi connectivity index (χ1) is 11.7. The van der Waals surface area contributed by atoms with Gasteiger partial charge in [-0.2, -0.15) is 5.10 Å². The summed E-state index contributed by atoms with van der Waals surface area (Å²) in [4.78, 5) is 17.0. The van der Waals surface area contributed by atoms with Crippen LogP contribution in [0.25, 0.3) is 11.3 Å². The van der Waals surface area contributed by atoms with Gasteiger partial charge >= 0.3 is 0 Å². The minimum Gasteiger partial charge on any atom is -0.320 e. The second kappa shape index (κ2) is 5.96. The van der Waals surface area contributed by atoms with E-state index < -0.39 is 0 Å². The second-order valence-electron chi connectivity index (χ2n) is 6.17. The van der Waals surface area contributed by atoms with Crippen LogP contribution in [-0.2, 0) is 7.05 Å². The third-order valence-electron chi connectivity index (χ3n) is 4.53. The Balaban J connectivity index is 1.58. The van der Waals surface area contributed by atoms with Gasteiger partial charge in [0.15, 0.2) is 0 Å². The van der Waals surface area contributed by atoms with Gasteiger partial charge in [-0.25, -0.2) is 4.98 Å². The summed E-state index contributed by atoms with van der Waals surface area (Å²) in [5, 5.41) is 7.30. The molecule has 24 heavy (non-hydrogen) atoms. The summed E-state index contributed by atoms with van der Waals surface area (Å²) < 4.78 is 3.72. The lowest BCUT2D eigenvalue weighted by molar-refractivity contribution is 0.102. The van der Waals surface area contributed by atoms with Gasteiger partial charge in [0.05, 0.1) is 24.1 Å². The predicted octanol–water partition coefficient (Wildman–Crippen LogP) is 3.26. The molecular weight excluding hydrogens is 302 g/mol. The summed E-state index contributed by atoms with van der Waals surface area (Å²) >= 11 is 0. The molecule has 2 aromatic heterocycles. The molecule has 1 aliphatic rings. The lowest BCUT2D eigenvalue weighted by atomic mass is 9.93. The highest BCUT2D eigenvalue weighted by molar-refractivity contribution is 6.05. The summed E-state index contributed by atoms with van der Waals surface area (Å²) in [6.07, 6.45) is 8.69. The van der Waals surface area contributed by atoms with Gasteiger partial charge in [0.1, 0.15) is 11.5 Å². The van der Waals surface area contributed by atoms with Crippen LogP contribution in [0.2, 0.25) is 0 Å². The molecule has 122 valence electrons. The quantitative estimate of drug-likeness (QED) is 0.802. The van der Waals surface area contributed by atoms with E-state index in [1.165, 1.54) is 6.42 Å². The van der Waals surface area contributed by atoms with Gasteiger partial charge in [0.25, 0.3) is 5.91 Å². The standard InChI is InChI=1S/C18H19N5O/c1-22-12-19-16(13-6-3-2-4-7-13)17(22)21-18(24)14-10-20-23(11-14)15-8-5-9-15/h2-4,6-7,10-12,15H,5,8-9H2,1H3,(H,21,24). The van der Waals surface area contributed by atoms with Crippen LogP contribution in [0.15, 0.2) is 49.1 Å². The Labute approximate surface area is 140 Å². The zero-order chi connectivity index (χ0) is 16.5. The highest BCUT2D eigenvalue weighted by Gasteiger charge is 2.22. The fourth-order valence-corrected chi connectivity index (χ4v) is 2.87. The second-order valence-corrected chi connectivity index (χ2v) is 6.17. The fraction of sp³-hybridized carbons (Fsp3) is 0.278. The number of nitrogens with one attached hydrogen (secondary N) is 1. The van der Waals surface area contributed by atoms with E-state index in [4.69, 9.17) is 0 Å². The molecule has 1 amide bonds. The predicted molar refractivity (Wildman–Crippen MR) is 91.7 cm³/mol. The van der Waals surface area contributed by atoms with Crippen molar-refractivity contribution in [2.45, 2.75) is 25.3 Å². The smallest absolute Gasteiger partial charge is 0.260 e. The molecule has 0 unspecified atom stereocenters. The van der Waals surface area contributed by atoms with E-state index in [2.05, 4.69) is 15.4 Å². The number of benzene rings is 1. The topological polar surface area (TPSA) is 64.7 Å². The molecule has 1 N–H and O–H groups in total. The Morgan fingerprint density at radius 2 is 2.04 bits per heavy atom. The highest BCUT2D eigenvalue weighted by atomic mass is 16.1. The maximum Gasteiger partial charge on any atom is 0.260 e. The SMILES string of the molecule is Cn1cnc(-c2ccccc2)c1NC(=O)c1cnn(C2CCC2)c1. The molecule has 1 fully saturated rings. The normalized spacial score (nSPS) is 14.4. The van der Waals surface area contributed by atoms with E-state index in [0.717, 1.165) is 24.1 Å². The molecule has 0 spiro atoms. The van der Waals surface area contributed by atoms with E-state index in [1.54, 1.807) is 12.5 Å². The van der Waals surface area contributed by atoms with E-state index in [0.29, 0.717) is 17.4 Å². The molecule has 0 radical (unpaired) electrons. The lowest BCUT2D eigenvalue weighted by Gasteiger charge is -2.25. The molecule has 2 heterocycles. The Kier molecular flexibility index (Phi) is 3.65. The average molecular weight is 321 g/mol. The van der Waals surface area contributed by atoms with E-state index >= 15 is 0 Å². The molecule has 1 aromatic carbocycles. The van der Waals surface area contributed by atoms with Crippen LogP contribution in [0.3, 0.4) is 0 Å². The average Bonchev–Trinajstić information content (AvgIpc) is 3.15. The monoisotopic (exact) mass is 321 g/mol. The van der Waals surface area contributed by atoms with Crippen molar-refractivity contribution in [3.8, 4) is 11.3 Å². The number of carbonyl (C=O) groups excluding carboxylic acids is 1. The van der Waals surface area contributed by atoms with Gasteiger partial charge < -0.3 is 9.88 Å². The minimum atomic E-state index is -0.165. The largest absolute Gasteiger partial charge is 0.320 e.